The van der Waals surface area contributed by atoms with Crippen LogP contribution < -0.4 is 10.1 Å². The van der Waals surface area contributed by atoms with Crippen molar-refractivity contribution in [3.05, 3.63) is 54.1 Å². The lowest BCUT2D eigenvalue weighted by Gasteiger charge is -2.11. The number of nitrogens with one attached hydrogen (secondary N) is 1. The van der Waals surface area contributed by atoms with Crippen LogP contribution >= 0.6 is 0 Å². The molecule has 1 unspecified atom stereocenters. The van der Waals surface area contributed by atoms with Gasteiger partial charge in [0.1, 0.15) is 12.4 Å². The molecule has 0 amide bonds. The molecule has 0 saturated carbocycles. The van der Waals surface area contributed by atoms with Crippen molar-refractivity contribution in [2.75, 3.05) is 7.05 Å². The number of nitrogens with zero attached hydrogens (tertiary/aromatic N) is 2. The van der Waals surface area contributed by atoms with Gasteiger partial charge in [-0.05, 0) is 37.7 Å². The molecular weight excluding hydrogens is 226 g/mol. The lowest BCUT2D eigenvalue weighted by molar-refractivity contribution is 0.295. The minimum Gasteiger partial charge on any atom is -0.486 e. The van der Waals surface area contributed by atoms with Crippen LogP contribution in [0.4, 0.5) is 0 Å². The molecule has 0 spiro atoms. The first-order chi connectivity index (χ1) is 8.79. The Kier molecular flexibility index (Phi) is 4.25. The molecule has 2 aromatic rings. The smallest absolute Gasteiger partial charge is 0.166 e. The largest absolute Gasteiger partial charge is 0.486 e. The summed E-state index contributed by atoms with van der Waals surface area (Å²) in [5.41, 5.74) is 1.24. The molecule has 4 heteroatoms. The van der Waals surface area contributed by atoms with E-state index in [1.807, 2.05) is 19.2 Å². The Morgan fingerprint density at radius 2 is 1.83 bits per heavy atom. The fraction of sp³-hybridized carbons (Fsp3) is 0.286. The summed E-state index contributed by atoms with van der Waals surface area (Å²) in [5.74, 6) is 1.51. The number of hydrogen-bond donors (Lipinski definition) is 1. The topological polar surface area (TPSA) is 47.0 Å². The van der Waals surface area contributed by atoms with Crippen molar-refractivity contribution in [3.8, 4) is 5.75 Å². The first kappa shape index (κ1) is 12.5. The van der Waals surface area contributed by atoms with Crippen molar-refractivity contribution in [2.45, 2.75) is 19.6 Å². The van der Waals surface area contributed by atoms with Gasteiger partial charge in [-0.25, -0.2) is 9.97 Å². The normalized spacial score (nSPS) is 12.1. The summed E-state index contributed by atoms with van der Waals surface area (Å²) in [6.07, 6.45) is 3.42. The van der Waals surface area contributed by atoms with Crippen LogP contribution in [-0.4, -0.2) is 17.0 Å². The minimum absolute atomic E-state index is 0.344. The first-order valence-electron chi connectivity index (χ1n) is 5.95. The maximum absolute atomic E-state index is 5.62. The van der Waals surface area contributed by atoms with E-state index in [1.165, 1.54) is 5.56 Å². The lowest BCUT2D eigenvalue weighted by Crippen LogP contribution is -2.11. The lowest BCUT2D eigenvalue weighted by atomic mass is 10.1. The van der Waals surface area contributed by atoms with E-state index in [0.29, 0.717) is 18.5 Å². The van der Waals surface area contributed by atoms with E-state index in [1.54, 1.807) is 18.5 Å². The highest BCUT2D eigenvalue weighted by Gasteiger charge is 2.02. The van der Waals surface area contributed by atoms with Gasteiger partial charge in [0.2, 0.25) is 0 Å². The summed E-state index contributed by atoms with van der Waals surface area (Å²) in [6, 6.07) is 10.2. The molecule has 0 saturated heterocycles. The van der Waals surface area contributed by atoms with Gasteiger partial charge >= 0.3 is 0 Å². The van der Waals surface area contributed by atoms with E-state index < -0.39 is 0 Å². The van der Waals surface area contributed by atoms with Crippen LogP contribution in [-0.2, 0) is 6.61 Å². The minimum atomic E-state index is 0.344. The van der Waals surface area contributed by atoms with Gasteiger partial charge in [0, 0.05) is 18.4 Å². The summed E-state index contributed by atoms with van der Waals surface area (Å²) in [6.45, 7) is 2.51. The van der Waals surface area contributed by atoms with Gasteiger partial charge in [0.15, 0.2) is 5.82 Å². The Bertz CT molecular complexity index is 470. The van der Waals surface area contributed by atoms with Gasteiger partial charge in [-0.3, -0.25) is 0 Å². The van der Waals surface area contributed by atoms with Crippen molar-refractivity contribution in [3.63, 3.8) is 0 Å². The van der Waals surface area contributed by atoms with E-state index in [-0.39, 0.29) is 0 Å². The van der Waals surface area contributed by atoms with Crippen LogP contribution in [0.5, 0.6) is 5.75 Å². The molecule has 0 aliphatic carbocycles. The standard InChI is InChI=1S/C14H17N3O/c1-11(15-2)12-4-6-13(7-5-12)18-10-14-16-8-3-9-17-14/h3-9,11,15H,10H2,1-2H3. The quantitative estimate of drug-likeness (QED) is 0.875. The van der Waals surface area contributed by atoms with Gasteiger partial charge < -0.3 is 10.1 Å². The molecule has 1 aromatic carbocycles. The Labute approximate surface area is 107 Å². The zero-order valence-electron chi connectivity index (χ0n) is 10.6. The third kappa shape index (κ3) is 3.28. The van der Waals surface area contributed by atoms with Crippen molar-refractivity contribution >= 4 is 0 Å². The van der Waals surface area contributed by atoms with Crippen molar-refractivity contribution in [1.82, 2.24) is 15.3 Å². The van der Waals surface area contributed by atoms with Gasteiger partial charge in [0.05, 0.1) is 0 Å². The summed E-state index contributed by atoms with van der Waals surface area (Å²) in [4.78, 5) is 8.21. The molecule has 94 valence electrons. The van der Waals surface area contributed by atoms with Crippen molar-refractivity contribution < 1.29 is 4.74 Å². The third-order valence-corrected chi connectivity index (χ3v) is 2.80. The van der Waals surface area contributed by atoms with Crippen LogP contribution in [0.25, 0.3) is 0 Å². The average molecular weight is 243 g/mol. The SMILES string of the molecule is CNC(C)c1ccc(OCc2ncccn2)cc1. The van der Waals surface area contributed by atoms with E-state index in [4.69, 9.17) is 4.74 Å². The van der Waals surface area contributed by atoms with E-state index in [9.17, 15) is 0 Å². The Morgan fingerprint density at radius 3 is 2.44 bits per heavy atom. The molecule has 1 atom stereocenters. The highest BCUT2D eigenvalue weighted by molar-refractivity contribution is 5.28. The molecule has 1 aromatic heterocycles. The van der Waals surface area contributed by atoms with Crippen LogP contribution in [0.3, 0.4) is 0 Å². The predicted molar refractivity (Wildman–Crippen MR) is 70.3 cm³/mol. The molecule has 1 heterocycles. The van der Waals surface area contributed by atoms with Gasteiger partial charge in [-0.1, -0.05) is 12.1 Å². The molecule has 0 aliphatic heterocycles. The number of ether oxygens (including phenoxy) is 1. The van der Waals surface area contributed by atoms with Crippen molar-refractivity contribution in [1.29, 1.82) is 0 Å². The molecule has 2 rings (SSSR count). The Balaban J connectivity index is 1.94. The molecule has 0 radical (unpaired) electrons. The second-order valence-electron chi connectivity index (χ2n) is 4.03. The van der Waals surface area contributed by atoms with E-state index >= 15 is 0 Å². The highest BCUT2D eigenvalue weighted by atomic mass is 16.5. The fourth-order valence-corrected chi connectivity index (χ4v) is 1.57. The third-order valence-electron chi connectivity index (χ3n) is 2.80. The fourth-order valence-electron chi connectivity index (χ4n) is 1.57. The first-order valence-corrected chi connectivity index (χ1v) is 5.95. The second kappa shape index (κ2) is 6.12. The summed E-state index contributed by atoms with van der Waals surface area (Å²) in [7, 11) is 1.95. The van der Waals surface area contributed by atoms with Crippen molar-refractivity contribution in [2.24, 2.45) is 0 Å². The summed E-state index contributed by atoms with van der Waals surface area (Å²) in [5, 5.41) is 3.20. The monoisotopic (exact) mass is 243 g/mol. The summed E-state index contributed by atoms with van der Waals surface area (Å²) >= 11 is 0. The van der Waals surface area contributed by atoms with Gasteiger partial charge in [-0.15, -0.1) is 0 Å². The zero-order chi connectivity index (χ0) is 12.8. The number of aromatic nitrogens is 2. The Morgan fingerprint density at radius 1 is 1.17 bits per heavy atom. The average Bonchev–Trinajstić information content (AvgIpc) is 2.46. The molecular formula is C14H17N3O. The molecule has 18 heavy (non-hydrogen) atoms. The number of rotatable bonds is 5. The molecule has 0 aliphatic rings. The molecule has 0 fully saturated rings. The molecule has 0 bridgehead atoms. The van der Waals surface area contributed by atoms with Gasteiger partial charge in [-0.2, -0.15) is 0 Å². The highest BCUT2D eigenvalue weighted by Crippen LogP contribution is 2.17. The maximum Gasteiger partial charge on any atom is 0.166 e. The zero-order valence-corrected chi connectivity index (χ0v) is 10.6. The summed E-state index contributed by atoms with van der Waals surface area (Å²) < 4.78 is 5.62. The van der Waals surface area contributed by atoms with Crippen LogP contribution in [0.2, 0.25) is 0 Å². The van der Waals surface area contributed by atoms with Gasteiger partial charge in [0.25, 0.3) is 0 Å². The van der Waals surface area contributed by atoms with Crippen LogP contribution in [0, 0.1) is 0 Å². The molecule has 4 nitrogen and oxygen atoms in total. The second-order valence-corrected chi connectivity index (χ2v) is 4.03. The van der Waals surface area contributed by atoms with E-state index in [0.717, 1.165) is 5.75 Å². The predicted octanol–water partition coefficient (Wildman–Crippen LogP) is 2.34. The molecule has 1 N–H and O–H groups in total. The number of benzene rings is 1. The van der Waals surface area contributed by atoms with E-state index in [2.05, 4.69) is 34.3 Å². The van der Waals surface area contributed by atoms with Crippen LogP contribution in [0.15, 0.2) is 42.7 Å². The maximum atomic E-state index is 5.62. The Hall–Kier alpha value is -1.94. The van der Waals surface area contributed by atoms with Crippen LogP contribution in [0.1, 0.15) is 24.4 Å². The number of hydrogen-bond acceptors (Lipinski definition) is 4.